The van der Waals surface area contributed by atoms with Crippen molar-refractivity contribution in [2.45, 2.75) is 12.6 Å². The van der Waals surface area contributed by atoms with Crippen molar-refractivity contribution in [1.29, 1.82) is 0 Å². The van der Waals surface area contributed by atoms with Crippen LogP contribution in [0.25, 0.3) is 0 Å². The molecule has 1 aromatic heterocycles. The van der Waals surface area contributed by atoms with Crippen molar-refractivity contribution in [3.63, 3.8) is 0 Å². The molecular formula is C8H9BrFN3. The molecule has 1 saturated heterocycles. The molecule has 5 heteroatoms. The lowest BCUT2D eigenvalue weighted by Gasteiger charge is -2.14. The predicted octanol–water partition coefficient (Wildman–Crippen LogP) is 1.79. The van der Waals surface area contributed by atoms with E-state index >= 15 is 0 Å². The van der Waals surface area contributed by atoms with Crippen LogP contribution in [-0.4, -0.2) is 29.2 Å². The summed E-state index contributed by atoms with van der Waals surface area (Å²) in [4.78, 5) is 10.1. The third kappa shape index (κ3) is 1.96. The second-order valence-corrected chi connectivity index (χ2v) is 3.84. The van der Waals surface area contributed by atoms with Crippen molar-refractivity contribution >= 4 is 21.7 Å². The minimum atomic E-state index is -0.717. The molecule has 0 N–H and O–H groups in total. The Morgan fingerprint density at radius 2 is 2.31 bits per heavy atom. The SMILES string of the molecule is F[C@H]1CCN(c2cnc(Br)cn2)C1. The number of rotatable bonds is 1. The van der Waals surface area contributed by atoms with E-state index < -0.39 is 6.17 Å². The van der Waals surface area contributed by atoms with E-state index in [9.17, 15) is 4.39 Å². The highest BCUT2D eigenvalue weighted by Crippen LogP contribution is 2.19. The Bertz CT molecular complexity index is 290. The summed E-state index contributed by atoms with van der Waals surface area (Å²) in [6.45, 7) is 1.17. The maximum Gasteiger partial charge on any atom is 0.147 e. The summed E-state index contributed by atoms with van der Waals surface area (Å²) in [6, 6.07) is 0. The molecule has 1 atom stereocenters. The molecule has 70 valence electrons. The number of halogens is 2. The van der Waals surface area contributed by atoms with E-state index in [1.807, 2.05) is 4.90 Å². The first-order valence-corrected chi connectivity index (χ1v) is 4.91. The van der Waals surface area contributed by atoms with Crippen LogP contribution in [0, 0.1) is 0 Å². The first-order valence-electron chi connectivity index (χ1n) is 4.12. The fourth-order valence-electron chi connectivity index (χ4n) is 1.39. The third-order valence-corrected chi connectivity index (χ3v) is 2.47. The molecule has 1 aromatic rings. The first-order chi connectivity index (χ1) is 6.25. The number of hydrogen-bond acceptors (Lipinski definition) is 3. The van der Waals surface area contributed by atoms with Gasteiger partial charge in [-0.05, 0) is 22.4 Å². The largest absolute Gasteiger partial charge is 0.352 e. The van der Waals surface area contributed by atoms with E-state index in [1.54, 1.807) is 12.4 Å². The summed E-state index contributed by atoms with van der Waals surface area (Å²) in [7, 11) is 0. The van der Waals surface area contributed by atoms with E-state index in [4.69, 9.17) is 0 Å². The van der Waals surface area contributed by atoms with Crippen molar-refractivity contribution in [3.8, 4) is 0 Å². The maximum atomic E-state index is 12.8. The van der Waals surface area contributed by atoms with Gasteiger partial charge in [0.05, 0.1) is 18.9 Å². The Morgan fingerprint density at radius 1 is 1.46 bits per heavy atom. The average Bonchev–Trinajstić information content (AvgIpc) is 2.53. The highest BCUT2D eigenvalue weighted by Gasteiger charge is 2.22. The van der Waals surface area contributed by atoms with Crippen LogP contribution in [0.3, 0.4) is 0 Å². The minimum Gasteiger partial charge on any atom is -0.352 e. The second kappa shape index (κ2) is 3.57. The summed E-state index contributed by atoms with van der Waals surface area (Å²) < 4.78 is 13.5. The van der Waals surface area contributed by atoms with Crippen molar-refractivity contribution in [2.75, 3.05) is 18.0 Å². The van der Waals surface area contributed by atoms with Gasteiger partial charge in [0, 0.05) is 6.54 Å². The van der Waals surface area contributed by atoms with E-state index in [2.05, 4.69) is 25.9 Å². The summed E-state index contributed by atoms with van der Waals surface area (Å²) in [5, 5.41) is 0. The average molecular weight is 246 g/mol. The normalized spacial score (nSPS) is 22.3. The molecule has 0 spiro atoms. The monoisotopic (exact) mass is 245 g/mol. The van der Waals surface area contributed by atoms with Crippen LogP contribution in [0.15, 0.2) is 17.0 Å². The molecule has 1 aliphatic rings. The molecule has 0 unspecified atom stereocenters. The van der Waals surface area contributed by atoms with Crippen LogP contribution >= 0.6 is 15.9 Å². The predicted molar refractivity (Wildman–Crippen MR) is 51.5 cm³/mol. The van der Waals surface area contributed by atoms with Gasteiger partial charge in [0.1, 0.15) is 16.6 Å². The number of hydrogen-bond donors (Lipinski definition) is 0. The van der Waals surface area contributed by atoms with E-state index in [0.717, 1.165) is 12.4 Å². The fraction of sp³-hybridized carbons (Fsp3) is 0.500. The molecule has 2 heterocycles. The molecule has 0 amide bonds. The summed E-state index contributed by atoms with van der Waals surface area (Å²) in [5.41, 5.74) is 0. The zero-order chi connectivity index (χ0) is 9.26. The lowest BCUT2D eigenvalue weighted by molar-refractivity contribution is 0.364. The summed E-state index contributed by atoms with van der Waals surface area (Å²) in [5.74, 6) is 0.753. The van der Waals surface area contributed by atoms with Crippen molar-refractivity contribution < 1.29 is 4.39 Å². The highest BCUT2D eigenvalue weighted by atomic mass is 79.9. The van der Waals surface area contributed by atoms with Crippen LogP contribution in [0.4, 0.5) is 10.2 Å². The molecule has 2 rings (SSSR count). The van der Waals surface area contributed by atoms with Gasteiger partial charge in [0.2, 0.25) is 0 Å². The van der Waals surface area contributed by atoms with E-state index in [-0.39, 0.29) is 0 Å². The van der Waals surface area contributed by atoms with Gasteiger partial charge in [-0.2, -0.15) is 0 Å². The lowest BCUT2D eigenvalue weighted by Crippen LogP contribution is -2.21. The van der Waals surface area contributed by atoms with Crippen LogP contribution in [0.2, 0.25) is 0 Å². The Kier molecular flexibility index (Phi) is 2.44. The molecule has 0 aliphatic carbocycles. The third-order valence-electron chi connectivity index (χ3n) is 2.06. The van der Waals surface area contributed by atoms with Gasteiger partial charge in [-0.15, -0.1) is 0 Å². The van der Waals surface area contributed by atoms with Crippen LogP contribution in [0.5, 0.6) is 0 Å². The van der Waals surface area contributed by atoms with Gasteiger partial charge >= 0.3 is 0 Å². The first kappa shape index (κ1) is 8.87. The van der Waals surface area contributed by atoms with Crippen LogP contribution in [0.1, 0.15) is 6.42 Å². The van der Waals surface area contributed by atoms with Crippen LogP contribution < -0.4 is 4.90 Å². The van der Waals surface area contributed by atoms with E-state index in [1.165, 1.54) is 0 Å². The summed E-state index contributed by atoms with van der Waals surface area (Å²) >= 11 is 3.20. The fourth-order valence-corrected chi connectivity index (χ4v) is 1.60. The smallest absolute Gasteiger partial charge is 0.147 e. The van der Waals surface area contributed by atoms with Gasteiger partial charge in [0.15, 0.2) is 0 Å². The van der Waals surface area contributed by atoms with Gasteiger partial charge in [-0.25, -0.2) is 14.4 Å². The molecule has 1 aliphatic heterocycles. The summed E-state index contributed by atoms with van der Waals surface area (Å²) in [6.07, 6.45) is 3.16. The molecule has 0 saturated carbocycles. The molecule has 1 fully saturated rings. The van der Waals surface area contributed by atoms with E-state index in [0.29, 0.717) is 17.6 Å². The standard InChI is InChI=1S/C8H9BrFN3/c9-7-3-12-8(4-11-7)13-2-1-6(10)5-13/h3-4,6H,1-2,5H2/t6-/m0/s1. The Labute approximate surface area is 84.1 Å². The maximum absolute atomic E-state index is 12.8. The zero-order valence-electron chi connectivity index (χ0n) is 6.95. The quantitative estimate of drug-likeness (QED) is 0.756. The number of anilines is 1. The second-order valence-electron chi connectivity index (χ2n) is 3.03. The van der Waals surface area contributed by atoms with Gasteiger partial charge < -0.3 is 4.90 Å². The lowest BCUT2D eigenvalue weighted by atomic mass is 10.3. The molecule has 13 heavy (non-hydrogen) atoms. The van der Waals surface area contributed by atoms with Gasteiger partial charge in [0.25, 0.3) is 0 Å². The molecule has 0 aromatic carbocycles. The number of aromatic nitrogens is 2. The zero-order valence-corrected chi connectivity index (χ0v) is 8.54. The Balaban J connectivity index is 2.13. The van der Waals surface area contributed by atoms with Crippen molar-refractivity contribution in [3.05, 3.63) is 17.0 Å². The van der Waals surface area contributed by atoms with Gasteiger partial charge in [-0.3, -0.25) is 0 Å². The van der Waals surface area contributed by atoms with Crippen LogP contribution in [-0.2, 0) is 0 Å². The Morgan fingerprint density at radius 3 is 2.85 bits per heavy atom. The Hall–Kier alpha value is -0.710. The highest BCUT2D eigenvalue weighted by molar-refractivity contribution is 9.10. The van der Waals surface area contributed by atoms with Crippen molar-refractivity contribution in [1.82, 2.24) is 9.97 Å². The number of nitrogens with zero attached hydrogens (tertiary/aromatic N) is 3. The number of alkyl halides is 1. The van der Waals surface area contributed by atoms with Gasteiger partial charge in [-0.1, -0.05) is 0 Å². The molecule has 3 nitrogen and oxygen atoms in total. The topological polar surface area (TPSA) is 29.0 Å². The van der Waals surface area contributed by atoms with Crippen molar-refractivity contribution in [2.24, 2.45) is 0 Å². The molecular weight excluding hydrogens is 237 g/mol. The molecule has 0 bridgehead atoms. The molecule has 0 radical (unpaired) electrons. The minimum absolute atomic E-state index is 0.441.